The molecule has 26 heteroatoms. The first-order chi connectivity index (χ1) is 24.9. The lowest BCUT2D eigenvalue weighted by Gasteiger charge is -2.08. The van der Waals surface area contributed by atoms with E-state index >= 15 is 0 Å². The summed E-state index contributed by atoms with van der Waals surface area (Å²) in [6, 6.07) is -2.55. The first-order valence-electron chi connectivity index (χ1n) is 15.2. The van der Waals surface area contributed by atoms with E-state index in [0.29, 0.717) is 12.8 Å². The third-order valence-electron chi connectivity index (χ3n) is 3.88. The van der Waals surface area contributed by atoms with Gasteiger partial charge in [-0.05, 0) is 12.8 Å². The summed E-state index contributed by atoms with van der Waals surface area (Å²) in [6.45, 7) is 19.8. The summed E-state index contributed by atoms with van der Waals surface area (Å²) in [5.41, 5.74) is 9.74. The molecule has 0 heterocycles. The van der Waals surface area contributed by atoms with Crippen LogP contribution in [0.25, 0.3) is 0 Å². The van der Waals surface area contributed by atoms with Gasteiger partial charge in [0.15, 0.2) is 0 Å². The van der Waals surface area contributed by atoms with Crippen molar-refractivity contribution < 1.29 is 88.5 Å². The predicted molar refractivity (Wildman–Crippen MR) is 210 cm³/mol. The topological polar surface area (TPSA) is 508 Å². The van der Waals surface area contributed by atoms with Gasteiger partial charge in [-0.1, -0.05) is 26.0 Å². The first-order valence-corrected chi connectivity index (χ1v) is 15.2. The molecule has 0 aromatic heterocycles. The second kappa shape index (κ2) is 54.5. The summed E-state index contributed by atoms with van der Waals surface area (Å²) in [5.74, 6) is -6.61. The molecule has 0 saturated carbocycles. The van der Waals surface area contributed by atoms with E-state index in [2.05, 4.69) is 34.4 Å². The maximum absolute atomic E-state index is 10.4. The number of carboxylic acids is 5. The fraction of sp³-hybridized carbons (Fsp3) is 0.500. The summed E-state index contributed by atoms with van der Waals surface area (Å²) in [4.78, 5) is 118. The maximum atomic E-state index is 10.4. The highest BCUT2D eigenvalue weighted by Crippen LogP contribution is 1.89. The molecule has 6 amide bonds. The minimum Gasteiger partial charge on any atom is -0.481 e. The maximum Gasteiger partial charge on any atom is 0.326 e. The number of hydrogen-bond donors (Lipinski definition) is 13. The molecular formula is C32H66N8O18. The molecule has 21 N–H and O–H groups in total. The molecule has 0 spiro atoms. The lowest BCUT2D eigenvalue weighted by atomic mass is 10.2. The van der Waals surface area contributed by atoms with Gasteiger partial charge >= 0.3 is 5.97 Å². The normalized spacial score (nSPS) is 9.76. The highest BCUT2D eigenvalue weighted by Gasteiger charge is 2.14. The number of rotatable bonds is 12. The Kier molecular flexibility index (Phi) is 75.1. The Balaban J connectivity index is -0.0000000495. The van der Waals surface area contributed by atoms with Gasteiger partial charge in [-0.3, -0.25) is 47.9 Å². The van der Waals surface area contributed by atoms with E-state index < -0.39 is 59.8 Å². The highest BCUT2D eigenvalue weighted by atomic mass is 16.4. The first kappa shape index (κ1) is 79.8. The third-order valence-corrected chi connectivity index (χ3v) is 3.88. The van der Waals surface area contributed by atoms with E-state index in [0.717, 1.165) is 34.0 Å². The number of carbonyl (C=O) groups excluding carboxylic acids is 7. The molecule has 0 aliphatic carbocycles. The number of carbonyl (C=O) groups is 12. The van der Waals surface area contributed by atoms with E-state index in [9.17, 15) is 38.4 Å². The van der Waals surface area contributed by atoms with Crippen LogP contribution in [-0.4, -0.2) is 127 Å². The monoisotopic (exact) mass is 850 g/mol. The molecule has 0 aliphatic rings. The van der Waals surface area contributed by atoms with Gasteiger partial charge in [0.2, 0.25) is 35.4 Å². The Morgan fingerprint density at radius 1 is 0.517 bits per heavy atom. The van der Waals surface area contributed by atoms with Crippen LogP contribution < -0.4 is 45.0 Å². The Hall–Kier alpha value is -6.80. The van der Waals surface area contributed by atoms with Gasteiger partial charge < -0.3 is 80.8 Å². The average Bonchev–Trinajstić information content (AvgIpc) is 2.99. The molecule has 4 unspecified atom stereocenters. The molecule has 0 bridgehead atoms. The lowest BCUT2D eigenvalue weighted by Crippen LogP contribution is -2.41. The number of aldehydes is 1. The summed E-state index contributed by atoms with van der Waals surface area (Å²) in [7, 11) is 0. The molecular weight excluding hydrogens is 784 g/mol. The summed E-state index contributed by atoms with van der Waals surface area (Å²) in [5, 5.41) is 47.4. The molecule has 0 rings (SSSR count). The van der Waals surface area contributed by atoms with E-state index in [-0.39, 0.29) is 47.4 Å². The quantitative estimate of drug-likeness (QED) is 0.0766. The molecule has 4 atom stereocenters. The van der Waals surface area contributed by atoms with Crippen LogP contribution in [0, 0.1) is 0 Å². The van der Waals surface area contributed by atoms with Crippen LogP contribution in [0.3, 0.4) is 0 Å². The number of nitrogens with two attached hydrogens (primary N) is 2. The van der Waals surface area contributed by atoms with Crippen LogP contribution >= 0.6 is 0 Å². The fourth-order valence-corrected chi connectivity index (χ4v) is 2.01. The van der Waals surface area contributed by atoms with Crippen molar-refractivity contribution in [1.29, 1.82) is 0 Å². The van der Waals surface area contributed by atoms with Crippen LogP contribution in [0.15, 0.2) is 25.3 Å². The molecule has 0 aliphatic heterocycles. The zero-order valence-electron chi connectivity index (χ0n) is 34.6. The van der Waals surface area contributed by atoms with Crippen molar-refractivity contribution in [3.05, 3.63) is 25.3 Å². The Labute approximate surface area is 336 Å². The predicted octanol–water partition coefficient (Wildman–Crippen LogP) is -1.73. The number of nitrogens with one attached hydrogen (secondary N) is 4. The van der Waals surface area contributed by atoms with Crippen LogP contribution in [-0.2, 0) is 57.5 Å². The molecule has 0 radical (unpaired) electrons. The number of amides is 6. The fourth-order valence-electron chi connectivity index (χ4n) is 2.01. The van der Waals surface area contributed by atoms with Gasteiger partial charge in [0.1, 0.15) is 24.4 Å². The Morgan fingerprint density at radius 2 is 0.741 bits per heavy atom. The van der Waals surface area contributed by atoms with E-state index in [1.54, 1.807) is 6.92 Å². The van der Waals surface area contributed by atoms with Crippen LogP contribution in [0.1, 0.15) is 82.1 Å². The molecule has 0 fully saturated rings. The summed E-state index contributed by atoms with van der Waals surface area (Å²) < 4.78 is 0. The SMILES string of the molecule is C=CC(NC(C)=O)C(N)=O.C=CC(NC(C)=O)C(N)=O.CC(=O)O.CC(=O)O.CC(=O)O.CC(=O)O.CCC(C=O)NC(C)=O.CCC(NC(C)=O)C(=O)O.N.N.O. The van der Waals surface area contributed by atoms with E-state index in [4.69, 9.17) is 56.2 Å². The van der Waals surface area contributed by atoms with Gasteiger partial charge in [0.05, 0.1) is 6.04 Å². The number of primary amides is 2. The standard InChI is InChI=1S/2C6H10N2O2.C6H11NO3.C6H11NO2.4C2H4O2.2H3N.H2O/c2*1-3-5(6(7)10)8-4(2)9;1-3-5(6(9)10)7-4(2)8;1-3-6(4-8)7-5(2)9;4*1-2(3)4;;;/h2*3,5H,1H2,2H3,(H2,7,10)(H,8,9);5H,3H2,1-2H3,(H,7,8)(H,9,10);4,6H,3H2,1-2H3,(H,7,9);4*1H3,(H,3,4);2*1H3;1H2. The second-order valence-electron chi connectivity index (χ2n) is 9.56. The molecule has 0 aromatic carbocycles. The minimum atomic E-state index is -0.988. The summed E-state index contributed by atoms with van der Waals surface area (Å²) in [6.07, 6.45) is 4.37. The second-order valence-corrected chi connectivity index (χ2v) is 9.56. The highest BCUT2D eigenvalue weighted by molar-refractivity contribution is 5.87. The van der Waals surface area contributed by atoms with Gasteiger partial charge in [-0.2, -0.15) is 0 Å². The number of hydrogen-bond acceptors (Lipinski definition) is 14. The Bertz CT molecular complexity index is 1140. The zero-order valence-corrected chi connectivity index (χ0v) is 34.6. The van der Waals surface area contributed by atoms with Crippen molar-refractivity contribution in [2.45, 2.75) is 106 Å². The third kappa shape index (κ3) is 117. The number of aliphatic carboxylic acids is 5. The largest absolute Gasteiger partial charge is 0.481 e. The molecule has 0 saturated heterocycles. The molecule has 26 nitrogen and oxygen atoms in total. The Morgan fingerprint density at radius 3 is 0.793 bits per heavy atom. The molecule has 58 heavy (non-hydrogen) atoms. The van der Waals surface area contributed by atoms with Crippen LogP contribution in [0.4, 0.5) is 0 Å². The average molecular weight is 851 g/mol. The van der Waals surface area contributed by atoms with Gasteiger partial charge in [0.25, 0.3) is 23.9 Å². The molecule has 0 aromatic rings. The van der Waals surface area contributed by atoms with Crippen molar-refractivity contribution in [2.24, 2.45) is 11.5 Å². The van der Waals surface area contributed by atoms with Crippen molar-refractivity contribution >= 4 is 71.6 Å². The van der Waals surface area contributed by atoms with E-state index in [1.807, 2.05) is 6.92 Å². The van der Waals surface area contributed by atoms with Crippen molar-refractivity contribution in [3.63, 3.8) is 0 Å². The van der Waals surface area contributed by atoms with E-state index in [1.165, 1.54) is 39.8 Å². The van der Waals surface area contributed by atoms with Gasteiger partial charge in [-0.25, -0.2) is 4.79 Å². The van der Waals surface area contributed by atoms with Gasteiger partial charge in [0, 0.05) is 55.4 Å². The van der Waals surface area contributed by atoms with Crippen LogP contribution in [0.2, 0.25) is 0 Å². The molecule has 342 valence electrons. The van der Waals surface area contributed by atoms with Crippen molar-refractivity contribution in [3.8, 4) is 0 Å². The smallest absolute Gasteiger partial charge is 0.326 e. The number of carboxylic acid groups (broad SMARTS) is 5. The lowest BCUT2D eigenvalue weighted by molar-refractivity contribution is -0.141. The van der Waals surface area contributed by atoms with Gasteiger partial charge in [-0.15, -0.1) is 13.2 Å². The summed E-state index contributed by atoms with van der Waals surface area (Å²) >= 11 is 0. The minimum absolute atomic E-state index is 0. The van der Waals surface area contributed by atoms with Crippen molar-refractivity contribution in [2.75, 3.05) is 0 Å². The van der Waals surface area contributed by atoms with Crippen LogP contribution in [0.5, 0.6) is 0 Å². The van der Waals surface area contributed by atoms with Crippen molar-refractivity contribution in [1.82, 2.24) is 33.6 Å². The zero-order chi connectivity index (χ0) is 46.0.